The van der Waals surface area contributed by atoms with E-state index >= 15 is 0 Å². The van der Waals surface area contributed by atoms with Gasteiger partial charge in [0.2, 0.25) is 0 Å². The molecule has 0 saturated carbocycles. The van der Waals surface area contributed by atoms with Gasteiger partial charge in [-0.05, 0) is 44.6 Å². The van der Waals surface area contributed by atoms with Crippen LogP contribution in [0.15, 0.2) is 24.3 Å². The van der Waals surface area contributed by atoms with E-state index in [0.29, 0.717) is 11.7 Å². The van der Waals surface area contributed by atoms with Crippen molar-refractivity contribution in [2.45, 2.75) is 25.5 Å². The Balaban J connectivity index is 1.95. The molecule has 2 rings (SSSR count). The van der Waals surface area contributed by atoms with Crippen LogP contribution in [-0.4, -0.2) is 67.3 Å². The Morgan fingerprint density at radius 1 is 1.27 bits per heavy atom. The number of nitrogens with zero attached hydrogens (tertiary/aromatic N) is 2. The largest absolute Gasteiger partial charge is 0.478 e. The summed E-state index contributed by atoms with van der Waals surface area (Å²) in [7, 11) is 4.15. The average molecular weight is 306 g/mol. The molecule has 1 N–H and O–H groups in total. The molecule has 1 fully saturated rings. The molecule has 1 aliphatic rings. The summed E-state index contributed by atoms with van der Waals surface area (Å²) in [6, 6.07) is 7.16. The highest BCUT2D eigenvalue weighted by atomic mass is 16.5. The number of hydrogen-bond donors (Lipinski definition) is 1. The first-order chi connectivity index (χ1) is 10.5. The van der Waals surface area contributed by atoms with Gasteiger partial charge in [0, 0.05) is 32.8 Å². The van der Waals surface area contributed by atoms with Gasteiger partial charge in [-0.2, -0.15) is 0 Å². The molecule has 22 heavy (non-hydrogen) atoms. The maximum Gasteiger partial charge on any atom is 0.335 e. The molecular formula is C17H26N2O3. The Morgan fingerprint density at radius 3 is 2.55 bits per heavy atom. The van der Waals surface area contributed by atoms with Crippen LogP contribution in [0.3, 0.4) is 0 Å². The van der Waals surface area contributed by atoms with Crippen LogP contribution in [0.2, 0.25) is 0 Å². The van der Waals surface area contributed by atoms with Gasteiger partial charge in [0.25, 0.3) is 0 Å². The van der Waals surface area contributed by atoms with E-state index in [1.54, 1.807) is 12.1 Å². The molecule has 0 aromatic heterocycles. The maximum atomic E-state index is 10.9. The molecule has 1 saturated heterocycles. The van der Waals surface area contributed by atoms with E-state index in [1.165, 1.54) is 0 Å². The number of rotatable bonds is 8. The van der Waals surface area contributed by atoms with E-state index < -0.39 is 5.97 Å². The van der Waals surface area contributed by atoms with Crippen molar-refractivity contribution in [1.29, 1.82) is 0 Å². The van der Waals surface area contributed by atoms with E-state index in [4.69, 9.17) is 9.84 Å². The van der Waals surface area contributed by atoms with Crippen LogP contribution in [0.25, 0.3) is 0 Å². The van der Waals surface area contributed by atoms with Gasteiger partial charge in [-0.25, -0.2) is 4.79 Å². The molecule has 1 heterocycles. The molecule has 1 aromatic rings. The molecule has 122 valence electrons. The van der Waals surface area contributed by atoms with Crippen molar-refractivity contribution in [1.82, 2.24) is 9.80 Å². The summed E-state index contributed by atoms with van der Waals surface area (Å²) in [6.07, 6.45) is 2.62. The summed E-state index contributed by atoms with van der Waals surface area (Å²) in [6.45, 7) is 4.62. The smallest absolute Gasteiger partial charge is 0.335 e. The predicted octanol–water partition coefficient (Wildman–Crippen LogP) is 1.93. The van der Waals surface area contributed by atoms with E-state index in [-0.39, 0.29) is 0 Å². The second-order valence-electron chi connectivity index (χ2n) is 6.18. The Morgan fingerprint density at radius 2 is 2.00 bits per heavy atom. The average Bonchev–Trinajstić information content (AvgIpc) is 2.98. The third-order valence-electron chi connectivity index (χ3n) is 3.96. The fourth-order valence-electron chi connectivity index (χ4n) is 2.66. The van der Waals surface area contributed by atoms with E-state index in [9.17, 15) is 4.79 Å². The molecular weight excluding hydrogens is 280 g/mol. The Bertz CT molecular complexity index is 467. The number of aromatic carboxylic acids is 1. The van der Waals surface area contributed by atoms with E-state index in [2.05, 4.69) is 23.9 Å². The topological polar surface area (TPSA) is 53.0 Å². The molecule has 1 atom stereocenters. The molecule has 5 nitrogen and oxygen atoms in total. The molecule has 0 aliphatic carbocycles. The lowest BCUT2D eigenvalue weighted by Gasteiger charge is -2.26. The zero-order valence-electron chi connectivity index (χ0n) is 13.5. The van der Waals surface area contributed by atoms with Crippen molar-refractivity contribution in [2.24, 2.45) is 0 Å². The SMILES string of the molecule is CN(C)CCN(Cc1ccc(C(=O)O)cc1)CC1CCCO1. The predicted molar refractivity (Wildman–Crippen MR) is 86.2 cm³/mol. The van der Waals surface area contributed by atoms with Crippen molar-refractivity contribution in [3.05, 3.63) is 35.4 Å². The number of benzene rings is 1. The number of carboxylic acid groups (broad SMARTS) is 1. The standard InChI is InChI=1S/C17H26N2O3/c1-18(2)9-10-19(13-16-4-3-11-22-16)12-14-5-7-15(8-6-14)17(20)21/h5-8,16H,3-4,9-13H2,1-2H3,(H,20,21). The highest BCUT2D eigenvalue weighted by Gasteiger charge is 2.19. The van der Waals surface area contributed by atoms with Crippen LogP contribution in [0.1, 0.15) is 28.8 Å². The minimum atomic E-state index is -0.879. The van der Waals surface area contributed by atoms with Gasteiger partial charge < -0.3 is 14.7 Å². The Hall–Kier alpha value is -1.43. The number of carbonyl (C=O) groups is 1. The highest BCUT2D eigenvalue weighted by molar-refractivity contribution is 5.87. The van der Waals surface area contributed by atoms with E-state index in [0.717, 1.165) is 51.2 Å². The second kappa shape index (κ2) is 8.27. The fraction of sp³-hybridized carbons (Fsp3) is 0.588. The first-order valence-corrected chi connectivity index (χ1v) is 7.85. The zero-order valence-corrected chi connectivity index (χ0v) is 13.5. The van der Waals surface area contributed by atoms with Gasteiger partial charge in [-0.1, -0.05) is 12.1 Å². The van der Waals surface area contributed by atoms with Crippen LogP contribution in [-0.2, 0) is 11.3 Å². The Kier molecular flexibility index (Phi) is 6.36. The third kappa shape index (κ3) is 5.40. The van der Waals surface area contributed by atoms with Gasteiger partial charge in [-0.3, -0.25) is 4.90 Å². The van der Waals surface area contributed by atoms with Crippen molar-refractivity contribution < 1.29 is 14.6 Å². The molecule has 1 unspecified atom stereocenters. The lowest BCUT2D eigenvalue weighted by molar-refractivity contribution is 0.0683. The number of ether oxygens (including phenoxy) is 1. The molecule has 0 bridgehead atoms. The summed E-state index contributed by atoms with van der Waals surface area (Å²) in [5.41, 5.74) is 1.48. The van der Waals surface area contributed by atoms with E-state index in [1.807, 2.05) is 12.1 Å². The summed E-state index contributed by atoms with van der Waals surface area (Å²) in [4.78, 5) is 15.5. The van der Waals surface area contributed by atoms with Crippen LogP contribution in [0.4, 0.5) is 0 Å². The van der Waals surface area contributed by atoms with Crippen molar-refractivity contribution in [2.75, 3.05) is 40.3 Å². The van der Waals surface area contributed by atoms with Crippen molar-refractivity contribution >= 4 is 5.97 Å². The van der Waals surface area contributed by atoms with Crippen molar-refractivity contribution in [3.8, 4) is 0 Å². The number of carboxylic acids is 1. The summed E-state index contributed by atoms with van der Waals surface area (Å²) >= 11 is 0. The molecule has 5 heteroatoms. The van der Waals surface area contributed by atoms with Gasteiger partial charge in [0.05, 0.1) is 11.7 Å². The summed E-state index contributed by atoms with van der Waals surface area (Å²) in [5, 5.41) is 8.96. The first-order valence-electron chi connectivity index (χ1n) is 7.85. The molecule has 0 radical (unpaired) electrons. The maximum absolute atomic E-state index is 10.9. The van der Waals surface area contributed by atoms with Crippen molar-refractivity contribution in [3.63, 3.8) is 0 Å². The zero-order chi connectivity index (χ0) is 15.9. The summed E-state index contributed by atoms with van der Waals surface area (Å²) in [5.74, 6) is -0.879. The van der Waals surface area contributed by atoms with Gasteiger partial charge in [0.15, 0.2) is 0 Å². The minimum absolute atomic E-state index is 0.334. The van der Waals surface area contributed by atoms with Crippen LogP contribution < -0.4 is 0 Å². The second-order valence-corrected chi connectivity index (χ2v) is 6.18. The fourth-order valence-corrected chi connectivity index (χ4v) is 2.66. The van der Waals surface area contributed by atoms with Gasteiger partial charge in [-0.15, -0.1) is 0 Å². The minimum Gasteiger partial charge on any atom is -0.478 e. The molecule has 1 aliphatic heterocycles. The number of likely N-dealkylation sites (N-methyl/N-ethyl adjacent to an activating group) is 1. The van der Waals surface area contributed by atoms with Crippen LogP contribution in [0, 0.1) is 0 Å². The molecule has 0 spiro atoms. The Labute approximate surface area is 132 Å². The molecule has 0 amide bonds. The normalized spacial score (nSPS) is 18.3. The van der Waals surface area contributed by atoms with Gasteiger partial charge >= 0.3 is 5.97 Å². The lowest BCUT2D eigenvalue weighted by Crippen LogP contribution is -2.36. The number of hydrogen-bond acceptors (Lipinski definition) is 4. The molecule has 1 aromatic carbocycles. The summed E-state index contributed by atoms with van der Waals surface area (Å²) < 4.78 is 5.75. The third-order valence-corrected chi connectivity index (χ3v) is 3.96. The lowest BCUT2D eigenvalue weighted by atomic mass is 10.1. The van der Waals surface area contributed by atoms with Crippen LogP contribution >= 0.6 is 0 Å². The first kappa shape index (κ1) is 16.9. The van der Waals surface area contributed by atoms with Crippen LogP contribution in [0.5, 0.6) is 0 Å². The monoisotopic (exact) mass is 306 g/mol. The highest BCUT2D eigenvalue weighted by Crippen LogP contribution is 2.15. The quantitative estimate of drug-likeness (QED) is 0.795. The van der Waals surface area contributed by atoms with Gasteiger partial charge in [0.1, 0.15) is 0 Å².